The van der Waals surface area contributed by atoms with Crippen LogP contribution in [0.5, 0.6) is 5.75 Å². The second kappa shape index (κ2) is 9.01. The summed E-state index contributed by atoms with van der Waals surface area (Å²) in [5.41, 5.74) is 6.81. The molecule has 1 saturated heterocycles. The van der Waals surface area contributed by atoms with Crippen molar-refractivity contribution in [3.63, 3.8) is 0 Å². The number of β-lactam (4-membered cyclic amide) rings is 1. The number of carbonyl (C=O) groups is 3. The fourth-order valence-electron chi connectivity index (χ4n) is 3.58. The number of fused-ring (bicyclic) bond motifs is 1. The van der Waals surface area contributed by atoms with E-state index in [9.17, 15) is 23.9 Å². The predicted octanol–water partition coefficient (Wildman–Crippen LogP) is 1.64. The monoisotopic (exact) mass is 457 g/mol. The molecule has 2 aliphatic heterocycles. The van der Waals surface area contributed by atoms with Crippen LogP contribution in [0.4, 0.5) is 4.39 Å². The molecule has 2 unspecified atom stereocenters. The Morgan fingerprint density at radius 2 is 2.00 bits per heavy atom. The van der Waals surface area contributed by atoms with E-state index in [4.69, 9.17) is 10.5 Å². The minimum Gasteiger partial charge on any atom is -0.489 e. The molecule has 32 heavy (non-hydrogen) atoms. The van der Waals surface area contributed by atoms with E-state index in [0.717, 1.165) is 4.90 Å². The molecule has 0 radical (unpaired) electrons. The lowest BCUT2D eigenvalue weighted by atomic mass is 10.0. The summed E-state index contributed by atoms with van der Waals surface area (Å²) in [5.74, 6) is -2.26. The fourth-order valence-corrected chi connectivity index (χ4v) is 4.90. The number of carboxylic acids is 1. The first kappa shape index (κ1) is 21.8. The van der Waals surface area contributed by atoms with E-state index in [2.05, 4.69) is 5.32 Å². The molecule has 10 heteroatoms. The van der Waals surface area contributed by atoms with Crippen LogP contribution in [0.1, 0.15) is 11.6 Å². The van der Waals surface area contributed by atoms with Gasteiger partial charge in [0, 0.05) is 17.4 Å². The van der Waals surface area contributed by atoms with E-state index in [0.29, 0.717) is 11.1 Å². The van der Waals surface area contributed by atoms with Crippen LogP contribution in [0.3, 0.4) is 0 Å². The summed E-state index contributed by atoms with van der Waals surface area (Å²) in [6.45, 7) is -0.107. The van der Waals surface area contributed by atoms with E-state index in [1.54, 1.807) is 36.4 Å². The second-order valence-electron chi connectivity index (χ2n) is 7.29. The van der Waals surface area contributed by atoms with Crippen molar-refractivity contribution in [3.8, 4) is 5.75 Å². The summed E-state index contributed by atoms with van der Waals surface area (Å²) >= 11 is 1.32. The molecule has 4 N–H and O–H groups in total. The number of benzene rings is 2. The summed E-state index contributed by atoms with van der Waals surface area (Å²) in [6, 6.07) is 12.4. The maximum absolute atomic E-state index is 13.3. The third-order valence-corrected chi connectivity index (χ3v) is 6.54. The number of nitrogens with one attached hydrogen (secondary N) is 1. The van der Waals surface area contributed by atoms with Gasteiger partial charge in [-0.2, -0.15) is 0 Å². The molecule has 2 amide bonds. The summed E-state index contributed by atoms with van der Waals surface area (Å²) in [4.78, 5) is 38.3. The molecule has 2 aromatic carbocycles. The highest BCUT2D eigenvalue weighted by atomic mass is 32.2. The van der Waals surface area contributed by atoms with Gasteiger partial charge in [-0.15, -0.1) is 11.8 Å². The Hall–Kier alpha value is -3.37. The van der Waals surface area contributed by atoms with Crippen molar-refractivity contribution >= 4 is 29.5 Å². The maximum Gasteiger partial charge on any atom is 0.352 e. The Bertz CT molecular complexity index is 1090. The van der Waals surface area contributed by atoms with Crippen LogP contribution in [-0.4, -0.2) is 51.6 Å². The van der Waals surface area contributed by atoms with Crippen LogP contribution >= 0.6 is 11.8 Å². The molecule has 0 aliphatic carbocycles. The highest BCUT2D eigenvalue weighted by Gasteiger charge is 2.54. The molecule has 0 saturated carbocycles. The van der Waals surface area contributed by atoms with E-state index < -0.39 is 41.1 Å². The number of carboxylic acid groups (broad SMARTS) is 1. The number of nitrogens with two attached hydrogens (primary N) is 1. The van der Waals surface area contributed by atoms with Crippen molar-refractivity contribution in [2.75, 3.05) is 12.4 Å². The molecule has 1 fully saturated rings. The normalized spacial score (nSPS) is 20.8. The average Bonchev–Trinajstić information content (AvgIpc) is 2.80. The van der Waals surface area contributed by atoms with E-state index in [1.165, 1.54) is 30.0 Å². The molecular weight excluding hydrogens is 437 g/mol. The zero-order chi connectivity index (χ0) is 22.8. The highest BCUT2D eigenvalue weighted by molar-refractivity contribution is 8.00. The summed E-state index contributed by atoms with van der Waals surface area (Å²) in [7, 11) is 0. The molecule has 2 heterocycles. The number of rotatable bonds is 7. The number of thioether (sulfide) groups is 1. The lowest BCUT2D eigenvalue weighted by molar-refractivity contribution is -0.151. The summed E-state index contributed by atoms with van der Waals surface area (Å²) in [5, 5.41) is 11.8. The highest BCUT2D eigenvalue weighted by Crippen LogP contribution is 2.40. The minimum absolute atomic E-state index is 0.107. The number of carbonyl (C=O) groups excluding carboxylic acids is 2. The van der Waals surface area contributed by atoms with Gasteiger partial charge >= 0.3 is 5.97 Å². The van der Waals surface area contributed by atoms with Crippen LogP contribution in [0.25, 0.3) is 0 Å². The zero-order valence-electron chi connectivity index (χ0n) is 16.7. The number of amides is 2. The Morgan fingerprint density at radius 1 is 1.25 bits per heavy atom. The Morgan fingerprint density at radius 3 is 2.69 bits per heavy atom. The van der Waals surface area contributed by atoms with Gasteiger partial charge in [0.15, 0.2) is 0 Å². The summed E-state index contributed by atoms with van der Waals surface area (Å²) < 4.78 is 18.9. The molecule has 0 aromatic heterocycles. The topological polar surface area (TPSA) is 122 Å². The van der Waals surface area contributed by atoms with Crippen LogP contribution in [0, 0.1) is 5.82 Å². The number of halogens is 1. The van der Waals surface area contributed by atoms with Gasteiger partial charge in [-0.3, -0.25) is 14.5 Å². The van der Waals surface area contributed by atoms with Gasteiger partial charge in [-0.1, -0.05) is 36.4 Å². The van der Waals surface area contributed by atoms with Gasteiger partial charge in [0.2, 0.25) is 5.91 Å². The van der Waals surface area contributed by atoms with Crippen molar-refractivity contribution in [1.82, 2.24) is 10.2 Å². The SMILES string of the molecule is NC(C(=O)NC1C(=O)N2C(C(=O)O)=C(COc3cccc(F)c3)CS[C@H]12)c1ccccc1. The quantitative estimate of drug-likeness (QED) is 0.541. The molecule has 4 rings (SSSR count). The lowest BCUT2D eigenvalue weighted by Crippen LogP contribution is -2.71. The molecule has 3 atom stereocenters. The average molecular weight is 457 g/mol. The van der Waals surface area contributed by atoms with Crippen molar-refractivity contribution in [3.05, 3.63) is 77.2 Å². The van der Waals surface area contributed by atoms with Gasteiger partial charge in [-0.25, -0.2) is 9.18 Å². The number of nitrogens with zero attached hydrogens (tertiary/aromatic N) is 1. The van der Waals surface area contributed by atoms with Crippen LogP contribution in [0.2, 0.25) is 0 Å². The van der Waals surface area contributed by atoms with Gasteiger partial charge in [-0.05, 0) is 17.7 Å². The number of aliphatic carboxylic acids is 1. The Kier molecular flexibility index (Phi) is 6.15. The van der Waals surface area contributed by atoms with E-state index in [1.807, 2.05) is 0 Å². The Balaban J connectivity index is 1.46. The molecule has 2 aromatic rings. The molecule has 8 nitrogen and oxygen atoms in total. The third-order valence-electron chi connectivity index (χ3n) is 5.20. The van der Waals surface area contributed by atoms with Crippen molar-refractivity contribution in [2.24, 2.45) is 5.73 Å². The summed E-state index contributed by atoms with van der Waals surface area (Å²) in [6.07, 6.45) is 0. The molecule has 0 spiro atoms. The van der Waals surface area contributed by atoms with Gasteiger partial charge < -0.3 is 20.9 Å². The van der Waals surface area contributed by atoms with E-state index in [-0.39, 0.29) is 23.8 Å². The molecule has 0 bridgehead atoms. The first-order valence-corrected chi connectivity index (χ1v) is 10.8. The van der Waals surface area contributed by atoms with Crippen molar-refractivity contribution in [1.29, 1.82) is 0 Å². The van der Waals surface area contributed by atoms with E-state index >= 15 is 0 Å². The maximum atomic E-state index is 13.3. The standard InChI is InChI=1S/C22H20FN3O5S/c23-14-7-4-8-15(9-14)31-10-13-11-32-21-17(20(28)26(21)18(13)22(29)30)25-19(27)16(24)12-5-2-1-3-6-12/h1-9,16-17,21H,10-11,24H2,(H,25,27)(H,29,30)/t16?,17?,21-/m1/s1. The van der Waals surface area contributed by atoms with Crippen molar-refractivity contribution < 1.29 is 28.6 Å². The number of ether oxygens (including phenoxy) is 1. The molecular formula is C22H20FN3O5S. The minimum atomic E-state index is -1.27. The van der Waals surface area contributed by atoms with Crippen LogP contribution < -0.4 is 15.8 Å². The van der Waals surface area contributed by atoms with Crippen LogP contribution in [0.15, 0.2) is 65.9 Å². The molecule has 2 aliphatic rings. The van der Waals surface area contributed by atoms with Crippen LogP contribution in [-0.2, 0) is 14.4 Å². The van der Waals surface area contributed by atoms with Gasteiger partial charge in [0.05, 0.1) is 0 Å². The van der Waals surface area contributed by atoms with Gasteiger partial charge in [0.1, 0.15) is 41.3 Å². The van der Waals surface area contributed by atoms with Gasteiger partial charge in [0.25, 0.3) is 5.91 Å². The zero-order valence-corrected chi connectivity index (χ0v) is 17.5. The smallest absolute Gasteiger partial charge is 0.352 e. The second-order valence-corrected chi connectivity index (χ2v) is 8.39. The third kappa shape index (κ3) is 4.19. The predicted molar refractivity (Wildman–Crippen MR) is 115 cm³/mol. The number of hydrogen-bond donors (Lipinski definition) is 3. The molecule has 166 valence electrons. The van der Waals surface area contributed by atoms with Crippen molar-refractivity contribution in [2.45, 2.75) is 17.5 Å². The number of hydrogen-bond acceptors (Lipinski definition) is 6. The first-order chi connectivity index (χ1) is 15.4. The largest absolute Gasteiger partial charge is 0.489 e. The Labute approximate surface area is 187 Å². The fraction of sp³-hybridized carbons (Fsp3) is 0.227. The lowest BCUT2D eigenvalue weighted by Gasteiger charge is -2.49. The first-order valence-electron chi connectivity index (χ1n) is 9.76.